The minimum absolute atomic E-state index is 0.694. The summed E-state index contributed by atoms with van der Waals surface area (Å²) in [6.45, 7) is 8.87. The van der Waals surface area contributed by atoms with Crippen molar-refractivity contribution >= 4 is 0 Å². The van der Waals surface area contributed by atoms with Crippen LogP contribution in [0.3, 0.4) is 0 Å². The van der Waals surface area contributed by atoms with Crippen molar-refractivity contribution in [3.05, 3.63) is 53.2 Å². The predicted molar refractivity (Wildman–Crippen MR) is 81.1 cm³/mol. The average molecular weight is 254 g/mol. The standard InChI is InChI=1S/C18H24N/c1-13(2)10-16-8-9-19(5)18(12-16)17-7-6-14(3)11-15(17)4/h6-9,11-13H,10H2,1-5H3/q+1. The molecule has 0 aliphatic carbocycles. The van der Waals surface area contributed by atoms with Gasteiger partial charge in [-0.25, -0.2) is 4.57 Å². The van der Waals surface area contributed by atoms with Crippen LogP contribution in [0.4, 0.5) is 0 Å². The fraction of sp³-hybridized carbons (Fsp3) is 0.389. The van der Waals surface area contributed by atoms with Crippen LogP contribution in [-0.4, -0.2) is 0 Å². The molecule has 0 atom stereocenters. The van der Waals surface area contributed by atoms with Gasteiger partial charge in [0.1, 0.15) is 7.05 Å². The second-order valence-electron chi connectivity index (χ2n) is 5.95. The Balaban J connectivity index is 2.48. The summed E-state index contributed by atoms with van der Waals surface area (Å²) in [6.07, 6.45) is 3.31. The topological polar surface area (TPSA) is 3.88 Å². The highest BCUT2D eigenvalue weighted by Gasteiger charge is 2.13. The molecule has 0 unspecified atom stereocenters. The van der Waals surface area contributed by atoms with Crippen LogP contribution in [0, 0.1) is 19.8 Å². The van der Waals surface area contributed by atoms with Crippen molar-refractivity contribution in [1.82, 2.24) is 0 Å². The molecule has 1 aromatic carbocycles. The van der Waals surface area contributed by atoms with Crippen molar-refractivity contribution in [2.24, 2.45) is 13.0 Å². The first-order chi connectivity index (χ1) is 8.97. The lowest BCUT2D eigenvalue weighted by Gasteiger charge is -2.09. The van der Waals surface area contributed by atoms with E-state index in [-0.39, 0.29) is 0 Å². The van der Waals surface area contributed by atoms with E-state index in [1.165, 1.54) is 27.9 Å². The molecule has 0 N–H and O–H groups in total. The zero-order valence-electron chi connectivity index (χ0n) is 12.7. The Morgan fingerprint density at radius 1 is 1.05 bits per heavy atom. The first kappa shape index (κ1) is 13.8. The molecule has 0 radical (unpaired) electrons. The van der Waals surface area contributed by atoms with E-state index in [1.54, 1.807) is 0 Å². The number of hydrogen-bond acceptors (Lipinski definition) is 0. The summed E-state index contributed by atoms with van der Waals surface area (Å²) in [5, 5.41) is 0. The minimum atomic E-state index is 0.694. The highest BCUT2D eigenvalue weighted by molar-refractivity contribution is 5.62. The maximum absolute atomic E-state index is 2.33. The lowest BCUT2D eigenvalue weighted by molar-refractivity contribution is -0.660. The van der Waals surface area contributed by atoms with Crippen LogP contribution in [0.1, 0.15) is 30.5 Å². The Bertz CT molecular complexity index is 582. The van der Waals surface area contributed by atoms with Gasteiger partial charge < -0.3 is 0 Å². The third-order valence-electron chi connectivity index (χ3n) is 3.52. The van der Waals surface area contributed by atoms with Gasteiger partial charge in [0.25, 0.3) is 0 Å². The van der Waals surface area contributed by atoms with Gasteiger partial charge in [-0.2, -0.15) is 0 Å². The van der Waals surface area contributed by atoms with Gasteiger partial charge in [0.2, 0.25) is 5.69 Å². The summed E-state index contributed by atoms with van der Waals surface area (Å²) < 4.78 is 2.21. The Kier molecular flexibility index (Phi) is 4.04. The van der Waals surface area contributed by atoms with Gasteiger partial charge in [-0.05, 0) is 43.4 Å². The number of rotatable bonds is 3. The fourth-order valence-electron chi connectivity index (χ4n) is 2.58. The summed E-state index contributed by atoms with van der Waals surface area (Å²) in [7, 11) is 2.12. The summed E-state index contributed by atoms with van der Waals surface area (Å²) in [5.41, 5.74) is 6.72. The maximum atomic E-state index is 2.33. The molecule has 0 aliphatic rings. The van der Waals surface area contributed by atoms with Gasteiger partial charge in [-0.3, -0.25) is 0 Å². The molecule has 0 bridgehead atoms. The second kappa shape index (κ2) is 5.56. The average Bonchev–Trinajstić information content (AvgIpc) is 2.31. The number of nitrogens with zero attached hydrogens (tertiary/aromatic N) is 1. The van der Waals surface area contributed by atoms with Crippen LogP contribution in [0.2, 0.25) is 0 Å². The second-order valence-corrected chi connectivity index (χ2v) is 5.95. The third kappa shape index (κ3) is 3.23. The zero-order chi connectivity index (χ0) is 14.0. The first-order valence-corrected chi connectivity index (χ1v) is 7.03. The minimum Gasteiger partial charge on any atom is -0.201 e. The molecule has 0 amide bonds. The number of aromatic nitrogens is 1. The van der Waals surface area contributed by atoms with Gasteiger partial charge in [0.15, 0.2) is 6.20 Å². The van der Waals surface area contributed by atoms with Crippen LogP contribution >= 0.6 is 0 Å². The van der Waals surface area contributed by atoms with Crippen LogP contribution in [0.15, 0.2) is 36.5 Å². The van der Waals surface area contributed by atoms with Crippen molar-refractivity contribution in [2.75, 3.05) is 0 Å². The zero-order valence-corrected chi connectivity index (χ0v) is 12.7. The Morgan fingerprint density at radius 2 is 1.79 bits per heavy atom. The smallest absolute Gasteiger partial charge is 0.201 e. The lowest BCUT2D eigenvalue weighted by Crippen LogP contribution is -2.30. The highest BCUT2D eigenvalue weighted by atomic mass is 14.9. The Hall–Kier alpha value is -1.63. The van der Waals surface area contributed by atoms with E-state index in [0.29, 0.717) is 5.92 Å². The molecule has 0 spiro atoms. The van der Waals surface area contributed by atoms with E-state index >= 15 is 0 Å². The number of aryl methyl sites for hydroxylation is 3. The van der Waals surface area contributed by atoms with E-state index in [2.05, 4.69) is 75.8 Å². The van der Waals surface area contributed by atoms with E-state index in [1.807, 2.05) is 0 Å². The summed E-state index contributed by atoms with van der Waals surface area (Å²) >= 11 is 0. The van der Waals surface area contributed by atoms with E-state index in [4.69, 9.17) is 0 Å². The highest BCUT2D eigenvalue weighted by Crippen LogP contribution is 2.22. The van der Waals surface area contributed by atoms with Crippen molar-refractivity contribution in [2.45, 2.75) is 34.1 Å². The monoisotopic (exact) mass is 254 g/mol. The Morgan fingerprint density at radius 3 is 2.42 bits per heavy atom. The van der Waals surface area contributed by atoms with E-state index in [9.17, 15) is 0 Å². The van der Waals surface area contributed by atoms with Gasteiger partial charge in [-0.15, -0.1) is 0 Å². The van der Waals surface area contributed by atoms with E-state index in [0.717, 1.165) is 6.42 Å². The molecular weight excluding hydrogens is 230 g/mol. The van der Waals surface area contributed by atoms with Crippen LogP contribution < -0.4 is 4.57 Å². The van der Waals surface area contributed by atoms with Gasteiger partial charge in [-0.1, -0.05) is 31.5 Å². The molecule has 100 valence electrons. The molecule has 0 aliphatic heterocycles. The molecular formula is C18H24N+. The predicted octanol–water partition coefficient (Wildman–Crippen LogP) is 3.99. The first-order valence-electron chi connectivity index (χ1n) is 7.03. The molecule has 1 aromatic heterocycles. The quantitative estimate of drug-likeness (QED) is 0.729. The molecule has 2 rings (SSSR count). The van der Waals surface area contributed by atoms with Crippen molar-refractivity contribution in [3.63, 3.8) is 0 Å². The summed E-state index contributed by atoms with van der Waals surface area (Å²) in [4.78, 5) is 0. The normalized spacial score (nSPS) is 11.1. The molecule has 0 fully saturated rings. The molecule has 1 heteroatoms. The molecule has 0 saturated carbocycles. The number of benzene rings is 1. The maximum Gasteiger partial charge on any atom is 0.212 e. The third-order valence-corrected chi connectivity index (χ3v) is 3.52. The fourth-order valence-corrected chi connectivity index (χ4v) is 2.58. The van der Waals surface area contributed by atoms with Crippen molar-refractivity contribution in [1.29, 1.82) is 0 Å². The number of pyridine rings is 1. The van der Waals surface area contributed by atoms with Crippen molar-refractivity contribution < 1.29 is 4.57 Å². The molecule has 0 saturated heterocycles. The number of hydrogen-bond donors (Lipinski definition) is 0. The SMILES string of the molecule is Cc1ccc(-c2cc(CC(C)C)cc[n+]2C)c(C)c1. The van der Waals surface area contributed by atoms with Crippen LogP contribution in [0.25, 0.3) is 11.3 Å². The van der Waals surface area contributed by atoms with Gasteiger partial charge in [0.05, 0.1) is 0 Å². The van der Waals surface area contributed by atoms with E-state index < -0.39 is 0 Å². The van der Waals surface area contributed by atoms with Gasteiger partial charge >= 0.3 is 0 Å². The van der Waals surface area contributed by atoms with Crippen LogP contribution in [-0.2, 0) is 13.5 Å². The van der Waals surface area contributed by atoms with Crippen molar-refractivity contribution in [3.8, 4) is 11.3 Å². The van der Waals surface area contributed by atoms with Crippen LogP contribution in [0.5, 0.6) is 0 Å². The van der Waals surface area contributed by atoms with Gasteiger partial charge in [0, 0.05) is 17.7 Å². The Labute approximate surface area is 116 Å². The molecule has 1 nitrogen and oxygen atoms in total. The summed E-state index contributed by atoms with van der Waals surface area (Å²) in [5.74, 6) is 0.694. The molecule has 1 heterocycles. The largest absolute Gasteiger partial charge is 0.212 e. The summed E-state index contributed by atoms with van der Waals surface area (Å²) in [6, 6.07) is 11.2. The molecule has 2 aromatic rings. The molecule has 19 heavy (non-hydrogen) atoms. The lowest BCUT2D eigenvalue weighted by atomic mass is 9.98.